The lowest BCUT2D eigenvalue weighted by Crippen LogP contribution is -2.05. The lowest BCUT2D eigenvalue weighted by atomic mass is 10.5. The SMILES string of the molecule is CCCNc1nccc(OCCC)n1. The Labute approximate surface area is 84.7 Å². The molecular weight excluding hydrogens is 178 g/mol. The molecule has 1 heterocycles. The van der Waals surface area contributed by atoms with E-state index in [-0.39, 0.29) is 0 Å². The highest BCUT2D eigenvalue weighted by atomic mass is 16.5. The van der Waals surface area contributed by atoms with E-state index in [4.69, 9.17) is 4.74 Å². The summed E-state index contributed by atoms with van der Waals surface area (Å²) in [6.07, 6.45) is 3.75. The van der Waals surface area contributed by atoms with Gasteiger partial charge >= 0.3 is 0 Å². The summed E-state index contributed by atoms with van der Waals surface area (Å²) in [5.41, 5.74) is 0. The molecule has 0 aliphatic rings. The number of hydrogen-bond donors (Lipinski definition) is 1. The van der Waals surface area contributed by atoms with Crippen molar-refractivity contribution >= 4 is 5.95 Å². The monoisotopic (exact) mass is 195 g/mol. The average Bonchev–Trinajstić information content (AvgIpc) is 2.24. The summed E-state index contributed by atoms with van der Waals surface area (Å²) in [6, 6.07) is 1.77. The Hall–Kier alpha value is -1.32. The van der Waals surface area contributed by atoms with Gasteiger partial charge < -0.3 is 10.1 Å². The van der Waals surface area contributed by atoms with Gasteiger partial charge in [-0.25, -0.2) is 4.98 Å². The summed E-state index contributed by atoms with van der Waals surface area (Å²) in [5, 5.41) is 3.11. The predicted molar refractivity (Wildman–Crippen MR) is 56.6 cm³/mol. The van der Waals surface area contributed by atoms with Crippen molar-refractivity contribution in [3.63, 3.8) is 0 Å². The van der Waals surface area contributed by atoms with Gasteiger partial charge in [0.15, 0.2) is 0 Å². The second-order valence-electron chi connectivity index (χ2n) is 2.99. The van der Waals surface area contributed by atoms with Crippen molar-refractivity contribution in [3.05, 3.63) is 12.3 Å². The van der Waals surface area contributed by atoms with Crippen molar-refractivity contribution in [1.82, 2.24) is 9.97 Å². The zero-order valence-electron chi connectivity index (χ0n) is 8.79. The van der Waals surface area contributed by atoms with Gasteiger partial charge in [-0.05, 0) is 12.8 Å². The van der Waals surface area contributed by atoms with Gasteiger partial charge in [-0.1, -0.05) is 13.8 Å². The average molecular weight is 195 g/mol. The molecule has 0 saturated heterocycles. The molecule has 0 aliphatic heterocycles. The van der Waals surface area contributed by atoms with Crippen LogP contribution in [-0.2, 0) is 0 Å². The Balaban J connectivity index is 2.50. The molecule has 4 nitrogen and oxygen atoms in total. The highest BCUT2D eigenvalue weighted by Gasteiger charge is 1.97. The van der Waals surface area contributed by atoms with Gasteiger partial charge in [0.05, 0.1) is 6.61 Å². The maximum absolute atomic E-state index is 5.38. The maximum Gasteiger partial charge on any atom is 0.225 e. The second-order valence-corrected chi connectivity index (χ2v) is 2.99. The van der Waals surface area contributed by atoms with Crippen LogP contribution in [0.4, 0.5) is 5.95 Å². The first-order chi connectivity index (χ1) is 6.86. The number of ether oxygens (including phenoxy) is 1. The minimum Gasteiger partial charge on any atom is -0.478 e. The highest BCUT2D eigenvalue weighted by Crippen LogP contribution is 2.08. The van der Waals surface area contributed by atoms with E-state index >= 15 is 0 Å². The maximum atomic E-state index is 5.38. The van der Waals surface area contributed by atoms with E-state index in [2.05, 4.69) is 29.1 Å². The van der Waals surface area contributed by atoms with Crippen molar-refractivity contribution in [2.45, 2.75) is 26.7 Å². The third-order valence-corrected chi connectivity index (χ3v) is 1.62. The number of nitrogens with zero attached hydrogens (tertiary/aromatic N) is 2. The Morgan fingerprint density at radius 2 is 2.21 bits per heavy atom. The van der Waals surface area contributed by atoms with Gasteiger partial charge in [-0.15, -0.1) is 0 Å². The second kappa shape index (κ2) is 6.18. The molecule has 0 fully saturated rings. The van der Waals surface area contributed by atoms with Crippen LogP contribution in [0.15, 0.2) is 12.3 Å². The third-order valence-electron chi connectivity index (χ3n) is 1.62. The van der Waals surface area contributed by atoms with Crippen LogP contribution < -0.4 is 10.1 Å². The molecule has 0 amide bonds. The summed E-state index contributed by atoms with van der Waals surface area (Å²) in [7, 11) is 0. The van der Waals surface area contributed by atoms with E-state index in [0.29, 0.717) is 18.4 Å². The van der Waals surface area contributed by atoms with Crippen LogP contribution in [-0.4, -0.2) is 23.1 Å². The molecule has 78 valence electrons. The molecule has 4 heteroatoms. The van der Waals surface area contributed by atoms with Crippen LogP contribution in [0.25, 0.3) is 0 Å². The summed E-state index contributed by atoms with van der Waals surface area (Å²) >= 11 is 0. The zero-order valence-corrected chi connectivity index (χ0v) is 8.79. The third kappa shape index (κ3) is 3.60. The van der Waals surface area contributed by atoms with E-state index < -0.39 is 0 Å². The standard InChI is InChI=1S/C10H17N3O/c1-3-6-11-10-12-7-5-9(13-10)14-8-4-2/h5,7H,3-4,6,8H2,1-2H3,(H,11,12,13). The van der Waals surface area contributed by atoms with Gasteiger partial charge in [-0.2, -0.15) is 4.98 Å². The van der Waals surface area contributed by atoms with Gasteiger partial charge in [-0.3, -0.25) is 0 Å². The smallest absolute Gasteiger partial charge is 0.225 e. The first kappa shape index (κ1) is 10.8. The van der Waals surface area contributed by atoms with E-state index in [1.54, 1.807) is 12.3 Å². The lowest BCUT2D eigenvalue weighted by molar-refractivity contribution is 0.305. The molecule has 1 rings (SSSR count). The number of rotatable bonds is 6. The molecule has 0 radical (unpaired) electrons. The molecule has 1 aromatic rings. The van der Waals surface area contributed by atoms with Crippen molar-refractivity contribution < 1.29 is 4.74 Å². The molecule has 0 saturated carbocycles. The van der Waals surface area contributed by atoms with Crippen molar-refractivity contribution in [3.8, 4) is 5.88 Å². The van der Waals surface area contributed by atoms with Gasteiger partial charge in [0, 0.05) is 18.8 Å². The molecule has 0 aromatic carbocycles. The number of aromatic nitrogens is 2. The quantitative estimate of drug-likeness (QED) is 0.755. The molecule has 0 aliphatic carbocycles. The minimum atomic E-state index is 0.639. The van der Waals surface area contributed by atoms with Crippen molar-refractivity contribution in [2.24, 2.45) is 0 Å². The largest absolute Gasteiger partial charge is 0.478 e. The topological polar surface area (TPSA) is 47.0 Å². The Morgan fingerprint density at radius 1 is 1.36 bits per heavy atom. The van der Waals surface area contributed by atoms with E-state index in [9.17, 15) is 0 Å². The Morgan fingerprint density at radius 3 is 2.93 bits per heavy atom. The molecular formula is C10H17N3O. The Bertz CT molecular complexity index is 242. The molecule has 0 bridgehead atoms. The fraction of sp³-hybridized carbons (Fsp3) is 0.600. The fourth-order valence-corrected chi connectivity index (χ4v) is 0.951. The zero-order chi connectivity index (χ0) is 10.2. The van der Waals surface area contributed by atoms with Crippen molar-refractivity contribution in [2.75, 3.05) is 18.5 Å². The van der Waals surface area contributed by atoms with E-state index in [1.807, 2.05) is 0 Å². The molecule has 0 unspecified atom stereocenters. The summed E-state index contributed by atoms with van der Waals surface area (Å²) < 4.78 is 5.38. The first-order valence-electron chi connectivity index (χ1n) is 5.06. The summed E-state index contributed by atoms with van der Waals surface area (Å²) in [5.74, 6) is 1.28. The number of nitrogens with one attached hydrogen (secondary N) is 1. The molecule has 0 atom stereocenters. The molecule has 0 spiro atoms. The molecule has 1 N–H and O–H groups in total. The lowest BCUT2D eigenvalue weighted by Gasteiger charge is -2.05. The normalized spacial score (nSPS) is 9.86. The van der Waals surface area contributed by atoms with Gasteiger partial charge in [0.25, 0.3) is 0 Å². The Kier molecular flexibility index (Phi) is 4.75. The van der Waals surface area contributed by atoms with Gasteiger partial charge in [0.2, 0.25) is 11.8 Å². The van der Waals surface area contributed by atoms with Crippen LogP contribution in [0.1, 0.15) is 26.7 Å². The van der Waals surface area contributed by atoms with Crippen LogP contribution >= 0.6 is 0 Å². The summed E-state index contributed by atoms with van der Waals surface area (Å²) in [6.45, 7) is 5.75. The van der Waals surface area contributed by atoms with Crippen molar-refractivity contribution in [1.29, 1.82) is 0 Å². The predicted octanol–water partition coefficient (Wildman–Crippen LogP) is 2.09. The number of hydrogen-bond acceptors (Lipinski definition) is 4. The van der Waals surface area contributed by atoms with Crippen LogP contribution in [0.5, 0.6) is 5.88 Å². The van der Waals surface area contributed by atoms with Crippen LogP contribution in [0, 0.1) is 0 Å². The summed E-state index contributed by atoms with van der Waals surface area (Å²) in [4.78, 5) is 8.29. The minimum absolute atomic E-state index is 0.639. The van der Waals surface area contributed by atoms with Crippen LogP contribution in [0.2, 0.25) is 0 Å². The molecule has 14 heavy (non-hydrogen) atoms. The van der Waals surface area contributed by atoms with Crippen LogP contribution in [0.3, 0.4) is 0 Å². The van der Waals surface area contributed by atoms with Gasteiger partial charge in [0.1, 0.15) is 0 Å². The van der Waals surface area contributed by atoms with E-state index in [1.165, 1.54) is 0 Å². The first-order valence-corrected chi connectivity index (χ1v) is 5.06. The number of anilines is 1. The van der Waals surface area contributed by atoms with E-state index in [0.717, 1.165) is 19.4 Å². The molecule has 1 aromatic heterocycles. The highest BCUT2D eigenvalue weighted by molar-refractivity contribution is 5.26. The fourth-order valence-electron chi connectivity index (χ4n) is 0.951.